The van der Waals surface area contributed by atoms with E-state index in [0.717, 1.165) is 12.8 Å². The maximum atomic E-state index is 11.4. The number of rotatable bonds is 5. The summed E-state index contributed by atoms with van der Waals surface area (Å²) in [5.74, 6) is -1.00. The normalized spacial score (nSPS) is 19.9. The molecule has 1 atom stereocenters. The van der Waals surface area contributed by atoms with E-state index in [9.17, 15) is 9.59 Å². The summed E-state index contributed by atoms with van der Waals surface area (Å²) in [5.41, 5.74) is 5.00. The van der Waals surface area contributed by atoms with Crippen LogP contribution >= 0.6 is 0 Å². The zero-order chi connectivity index (χ0) is 10.8. The summed E-state index contributed by atoms with van der Waals surface area (Å²) in [7, 11) is 0. The van der Waals surface area contributed by atoms with E-state index in [1.165, 1.54) is 0 Å². The highest BCUT2D eigenvalue weighted by Gasteiger charge is 2.46. The highest BCUT2D eigenvalue weighted by molar-refractivity contribution is 5.89. The summed E-state index contributed by atoms with van der Waals surface area (Å²) >= 11 is 0. The number of nitrogens with one attached hydrogen (secondary N) is 1. The van der Waals surface area contributed by atoms with Crippen LogP contribution in [0.5, 0.6) is 0 Å². The van der Waals surface area contributed by atoms with Crippen molar-refractivity contribution in [2.75, 3.05) is 0 Å². The molecule has 0 aliphatic heterocycles. The maximum absolute atomic E-state index is 11.4. The van der Waals surface area contributed by atoms with Crippen molar-refractivity contribution in [1.29, 1.82) is 0 Å². The molecule has 0 spiro atoms. The molecular weight excluding hydrogens is 184 g/mol. The Balaban J connectivity index is 2.23. The van der Waals surface area contributed by atoms with Crippen LogP contribution in [0.4, 0.5) is 0 Å². The van der Waals surface area contributed by atoms with Crippen molar-refractivity contribution in [2.24, 2.45) is 5.73 Å². The Labute approximate surface area is 82.7 Å². The Hall–Kier alpha value is -1.10. The zero-order valence-corrected chi connectivity index (χ0v) is 8.25. The Morgan fingerprint density at radius 1 is 1.57 bits per heavy atom. The highest BCUT2D eigenvalue weighted by atomic mass is 16.4. The second kappa shape index (κ2) is 3.96. The van der Waals surface area contributed by atoms with Gasteiger partial charge in [-0.05, 0) is 26.2 Å². The van der Waals surface area contributed by atoms with Crippen LogP contribution in [-0.4, -0.2) is 28.6 Å². The van der Waals surface area contributed by atoms with Crippen LogP contribution in [0.25, 0.3) is 0 Å². The van der Waals surface area contributed by atoms with Gasteiger partial charge in [0.05, 0.1) is 5.54 Å². The number of carboxylic acids is 1. The lowest BCUT2D eigenvalue weighted by Crippen LogP contribution is -2.46. The molecule has 0 aromatic rings. The lowest BCUT2D eigenvalue weighted by molar-refractivity contribution is -0.137. The highest BCUT2D eigenvalue weighted by Crippen LogP contribution is 2.32. The maximum Gasteiger partial charge on any atom is 0.303 e. The third kappa shape index (κ3) is 2.99. The average Bonchev–Trinajstić information content (AvgIpc) is 2.81. The molecule has 80 valence electrons. The van der Waals surface area contributed by atoms with Crippen LogP contribution in [0.1, 0.15) is 32.6 Å². The minimum Gasteiger partial charge on any atom is -0.481 e. The Kier molecular flexibility index (Phi) is 3.10. The predicted octanol–water partition coefficient (Wildman–Crippen LogP) is -0.153. The third-order valence-electron chi connectivity index (χ3n) is 2.41. The smallest absolute Gasteiger partial charge is 0.303 e. The van der Waals surface area contributed by atoms with Crippen LogP contribution < -0.4 is 11.1 Å². The molecule has 1 unspecified atom stereocenters. The minimum atomic E-state index is -0.847. The van der Waals surface area contributed by atoms with E-state index >= 15 is 0 Å². The summed E-state index contributed by atoms with van der Waals surface area (Å²) in [5, 5.41) is 11.1. The minimum absolute atomic E-state index is 0.0685. The van der Waals surface area contributed by atoms with Crippen molar-refractivity contribution in [3.8, 4) is 0 Å². The third-order valence-corrected chi connectivity index (χ3v) is 2.41. The van der Waals surface area contributed by atoms with Crippen molar-refractivity contribution >= 4 is 11.9 Å². The first-order valence-electron chi connectivity index (χ1n) is 4.76. The lowest BCUT2D eigenvalue weighted by atomic mass is 10.1. The number of carbonyl (C=O) groups excluding carboxylic acids is 1. The first-order chi connectivity index (χ1) is 6.44. The second-order valence-corrected chi connectivity index (χ2v) is 3.96. The topological polar surface area (TPSA) is 92.4 Å². The number of hydrogen-bond donors (Lipinski definition) is 3. The van der Waals surface area contributed by atoms with Gasteiger partial charge in [0.15, 0.2) is 0 Å². The molecular formula is C9H16N2O3. The first kappa shape index (κ1) is 11.0. The van der Waals surface area contributed by atoms with Gasteiger partial charge in [-0.3, -0.25) is 9.59 Å². The molecule has 14 heavy (non-hydrogen) atoms. The van der Waals surface area contributed by atoms with Crippen molar-refractivity contribution < 1.29 is 14.7 Å². The molecule has 0 bridgehead atoms. The van der Waals surface area contributed by atoms with E-state index in [0.29, 0.717) is 6.42 Å². The zero-order valence-electron chi connectivity index (χ0n) is 8.25. The van der Waals surface area contributed by atoms with Crippen molar-refractivity contribution in [1.82, 2.24) is 5.32 Å². The molecule has 1 fully saturated rings. The first-order valence-corrected chi connectivity index (χ1v) is 4.76. The molecule has 5 heteroatoms. The molecule has 1 aliphatic rings. The van der Waals surface area contributed by atoms with E-state index < -0.39 is 11.5 Å². The fourth-order valence-electron chi connectivity index (χ4n) is 1.14. The fraction of sp³-hybridized carbons (Fsp3) is 0.778. The molecule has 0 aromatic carbocycles. The predicted molar refractivity (Wildman–Crippen MR) is 50.6 cm³/mol. The van der Waals surface area contributed by atoms with Gasteiger partial charge >= 0.3 is 5.97 Å². The van der Waals surface area contributed by atoms with E-state index in [2.05, 4.69) is 5.32 Å². The molecule has 1 rings (SSSR count). The number of aliphatic carboxylic acids is 1. The number of hydrogen-bond acceptors (Lipinski definition) is 3. The molecule has 1 amide bonds. The Morgan fingerprint density at radius 3 is 2.57 bits per heavy atom. The second-order valence-electron chi connectivity index (χ2n) is 3.96. The Bertz CT molecular complexity index is 248. The summed E-state index contributed by atoms with van der Waals surface area (Å²) < 4.78 is 0. The summed E-state index contributed by atoms with van der Waals surface area (Å²) in [6.07, 6.45) is 1.96. The largest absolute Gasteiger partial charge is 0.481 e. The van der Waals surface area contributed by atoms with Crippen LogP contribution in [0.2, 0.25) is 0 Å². The van der Waals surface area contributed by atoms with Gasteiger partial charge in [0.2, 0.25) is 5.91 Å². The van der Waals surface area contributed by atoms with E-state index in [-0.39, 0.29) is 18.4 Å². The van der Waals surface area contributed by atoms with Gasteiger partial charge in [-0.1, -0.05) is 0 Å². The van der Waals surface area contributed by atoms with Crippen LogP contribution in [-0.2, 0) is 9.59 Å². The standard InChI is InChI=1S/C9H16N2O3/c1-6(2-3-7(12)13)11-8(14)9(10)4-5-9/h6H,2-5,10H2,1H3,(H,11,14)(H,12,13). The lowest BCUT2D eigenvalue weighted by Gasteiger charge is -2.15. The number of amides is 1. The van der Waals surface area contributed by atoms with Gasteiger partial charge in [-0.2, -0.15) is 0 Å². The molecule has 1 aliphatic carbocycles. The summed E-state index contributed by atoms with van der Waals surface area (Å²) in [4.78, 5) is 21.7. The Morgan fingerprint density at radius 2 is 2.14 bits per heavy atom. The summed E-state index contributed by atoms with van der Waals surface area (Å²) in [6.45, 7) is 1.78. The van der Waals surface area contributed by atoms with Gasteiger partial charge in [0, 0.05) is 12.5 Å². The SMILES string of the molecule is CC(CCC(=O)O)NC(=O)C1(N)CC1. The number of nitrogens with two attached hydrogens (primary N) is 1. The van der Waals surface area contributed by atoms with Crippen molar-refractivity contribution in [2.45, 2.75) is 44.2 Å². The number of carboxylic acid groups (broad SMARTS) is 1. The van der Waals surface area contributed by atoms with E-state index in [4.69, 9.17) is 10.8 Å². The molecule has 0 radical (unpaired) electrons. The van der Waals surface area contributed by atoms with Crippen molar-refractivity contribution in [3.63, 3.8) is 0 Å². The van der Waals surface area contributed by atoms with Crippen LogP contribution in [0, 0.1) is 0 Å². The van der Waals surface area contributed by atoms with Gasteiger partial charge in [0.25, 0.3) is 0 Å². The molecule has 0 aromatic heterocycles. The van der Waals surface area contributed by atoms with Gasteiger partial charge < -0.3 is 16.2 Å². The van der Waals surface area contributed by atoms with Crippen LogP contribution in [0.3, 0.4) is 0 Å². The fourth-order valence-corrected chi connectivity index (χ4v) is 1.14. The van der Waals surface area contributed by atoms with Crippen molar-refractivity contribution in [3.05, 3.63) is 0 Å². The molecule has 1 saturated carbocycles. The molecule has 0 saturated heterocycles. The van der Waals surface area contributed by atoms with E-state index in [1.807, 2.05) is 0 Å². The van der Waals surface area contributed by atoms with Gasteiger partial charge in [0.1, 0.15) is 0 Å². The average molecular weight is 200 g/mol. The monoisotopic (exact) mass is 200 g/mol. The molecule has 5 nitrogen and oxygen atoms in total. The van der Waals surface area contributed by atoms with Gasteiger partial charge in [-0.25, -0.2) is 0 Å². The van der Waals surface area contributed by atoms with E-state index in [1.54, 1.807) is 6.92 Å². The molecule has 4 N–H and O–H groups in total. The quantitative estimate of drug-likeness (QED) is 0.575. The summed E-state index contributed by atoms with van der Waals surface area (Å²) in [6, 6.07) is -0.125. The number of carbonyl (C=O) groups is 2. The van der Waals surface area contributed by atoms with Gasteiger partial charge in [-0.15, -0.1) is 0 Å². The van der Waals surface area contributed by atoms with Crippen LogP contribution in [0.15, 0.2) is 0 Å². The molecule has 0 heterocycles.